The number of amides is 2. The minimum Gasteiger partial charge on any atom is -0.387 e. The summed E-state index contributed by atoms with van der Waals surface area (Å²) in [7, 11) is 0. The van der Waals surface area contributed by atoms with Crippen molar-refractivity contribution in [2.24, 2.45) is 0 Å². The normalized spacial score (nSPS) is 22.2. The molecule has 104 valence electrons. The van der Waals surface area contributed by atoms with Crippen molar-refractivity contribution >= 4 is 23.5 Å². The summed E-state index contributed by atoms with van der Waals surface area (Å²) in [4.78, 5) is 11.8. The molecule has 3 N–H and O–H groups in total. The van der Waals surface area contributed by atoms with Crippen LogP contribution in [0.25, 0.3) is 0 Å². The van der Waals surface area contributed by atoms with E-state index in [-0.39, 0.29) is 6.03 Å². The standard InChI is InChI=1S/C14H20N2O2S/c1-2-11-5-3-4-6-12(11)16-13(17)15-9-14(18)7-8-19-10-14/h3-6,18H,2,7-10H2,1H3,(H2,15,16,17). The summed E-state index contributed by atoms with van der Waals surface area (Å²) < 4.78 is 0. The van der Waals surface area contributed by atoms with Gasteiger partial charge in [-0.3, -0.25) is 0 Å². The van der Waals surface area contributed by atoms with E-state index in [2.05, 4.69) is 17.6 Å². The van der Waals surface area contributed by atoms with Crippen molar-refractivity contribution in [1.29, 1.82) is 0 Å². The summed E-state index contributed by atoms with van der Waals surface area (Å²) in [5, 5.41) is 15.7. The highest BCUT2D eigenvalue weighted by Crippen LogP contribution is 2.27. The van der Waals surface area contributed by atoms with E-state index in [1.165, 1.54) is 0 Å². The van der Waals surface area contributed by atoms with Crippen LogP contribution in [0.1, 0.15) is 18.9 Å². The summed E-state index contributed by atoms with van der Waals surface area (Å²) in [5.41, 5.74) is 1.19. The van der Waals surface area contributed by atoms with Crippen molar-refractivity contribution in [1.82, 2.24) is 5.32 Å². The topological polar surface area (TPSA) is 61.4 Å². The lowest BCUT2D eigenvalue weighted by atomic mass is 10.0. The van der Waals surface area contributed by atoms with Crippen molar-refractivity contribution in [2.75, 3.05) is 23.4 Å². The molecule has 1 heterocycles. The molecule has 0 aromatic heterocycles. The zero-order valence-electron chi connectivity index (χ0n) is 11.1. The number of urea groups is 1. The minimum absolute atomic E-state index is 0.258. The number of rotatable bonds is 4. The molecule has 0 saturated carbocycles. The minimum atomic E-state index is -0.744. The van der Waals surface area contributed by atoms with Gasteiger partial charge in [-0.1, -0.05) is 25.1 Å². The Balaban J connectivity index is 1.87. The smallest absolute Gasteiger partial charge is 0.319 e. The fourth-order valence-electron chi connectivity index (χ4n) is 2.10. The van der Waals surface area contributed by atoms with Crippen LogP contribution in [0.15, 0.2) is 24.3 Å². The number of benzene rings is 1. The van der Waals surface area contributed by atoms with Gasteiger partial charge in [0.2, 0.25) is 0 Å². The highest BCUT2D eigenvalue weighted by Gasteiger charge is 2.31. The fourth-order valence-corrected chi connectivity index (χ4v) is 3.39. The summed E-state index contributed by atoms with van der Waals surface area (Å²) >= 11 is 1.72. The zero-order valence-corrected chi connectivity index (χ0v) is 11.9. The number of hydrogen-bond donors (Lipinski definition) is 3. The van der Waals surface area contributed by atoms with Gasteiger partial charge in [-0.15, -0.1) is 0 Å². The summed E-state index contributed by atoms with van der Waals surface area (Å²) in [6, 6.07) is 7.48. The van der Waals surface area contributed by atoms with Gasteiger partial charge in [0, 0.05) is 18.0 Å². The maximum absolute atomic E-state index is 11.8. The zero-order chi connectivity index (χ0) is 13.7. The van der Waals surface area contributed by atoms with E-state index >= 15 is 0 Å². The number of carbonyl (C=O) groups is 1. The molecule has 19 heavy (non-hydrogen) atoms. The second kappa shape index (κ2) is 6.30. The number of aliphatic hydroxyl groups is 1. The highest BCUT2D eigenvalue weighted by molar-refractivity contribution is 7.99. The van der Waals surface area contributed by atoms with Crippen LogP contribution in [0, 0.1) is 0 Å². The van der Waals surface area contributed by atoms with E-state index in [1.54, 1.807) is 11.8 Å². The Hall–Kier alpha value is -1.20. The number of thioether (sulfide) groups is 1. The predicted molar refractivity (Wildman–Crippen MR) is 79.7 cm³/mol. The molecular formula is C14H20N2O2S. The average molecular weight is 280 g/mol. The molecule has 2 amide bonds. The van der Waals surface area contributed by atoms with Gasteiger partial charge in [-0.2, -0.15) is 11.8 Å². The SMILES string of the molecule is CCc1ccccc1NC(=O)NCC1(O)CCSC1. The summed E-state index contributed by atoms with van der Waals surface area (Å²) in [6.45, 7) is 2.36. The molecule has 4 nitrogen and oxygen atoms in total. The van der Waals surface area contributed by atoms with Crippen LogP contribution in [0.2, 0.25) is 0 Å². The molecular weight excluding hydrogens is 260 g/mol. The lowest BCUT2D eigenvalue weighted by Gasteiger charge is -2.21. The lowest BCUT2D eigenvalue weighted by Crippen LogP contribution is -2.44. The summed E-state index contributed by atoms with van der Waals surface area (Å²) in [5.74, 6) is 1.65. The van der Waals surface area contributed by atoms with Gasteiger partial charge >= 0.3 is 6.03 Å². The maximum Gasteiger partial charge on any atom is 0.319 e. The van der Waals surface area contributed by atoms with Crippen LogP contribution in [0.3, 0.4) is 0 Å². The van der Waals surface area contributed by atoms with E-state index in [0.29, 0.717) is 12.3 Å². The van der Waals surface area contributed by atoms with Gasteiger partial charge in [0.25, 0.3) is 0 Å². The molecule has 0 spiro atoms. The third kappa shape index (κ3) is 3.88. The van der Waals surface area contributed by atoms with Crippen LogP contribution >= 0.6 is 11.8 Å². The van der Waals surface area contributed by atoms with Gasteiger partial charge in [0.1, 0.15) is 0 Å². The molecule has 0 aliphatic carbocycles. The third-order valence-electron chi connectivity index (χ3n) is 3.31. The first-order valence-corrected chi connectivity index (χ1v) is 7.71. The molecule has 1 aromatic rings. The monoisotopic (exact) mass is 280 g/mol. The van der Waals surface area contributed by atoms with Crippen LogP contribution in [-0.4, -0.2) is 34.8 Å². The Morgan fingerprint density at radius 2 is 2.26 bits per heavy atom. The first kappa shape index (κ1) is 14.2. The molecule has 1 aliphatic heterocycles. The quantitative estimate of drug-likeness (QED) is 0.792. The number of carbonyl (C=O) groups excluding carboxylic acids is 1. The van der Waals surface area contributed by atoms with Gasteiger partial charge in [-0.25, -0.2) is 4.79 Å². The fraction of sp³-hybridized carbons (Fsp3) is 0.500. The number of aryl methyl sites for hydroxylation is 1. The number of hydrogen-bond acceptors (Lipinski definition) is 3. The first-order valence-electron chi connectivity index (χ1n) is 6.56. The Labute approximate surface area is 118 Å². The van der Waals surface area contributed by atoms with Crippen LogP contribution in [0.4, 0.5) is 10.5 Å². The molecule has 1 saturated heterocycles. The van der Waals surface area contributed by atoms with E-state index < -0.39 is 5.60 Å². The number of nitrogens with one attached hydrogen (secondary N) is 2. The Kier molecular flexibility index (Phi) is 4.71. The molecule has 5 heteroatoms. The number of anilines is 1. The first-order chi connectivity index (χ1) is 9.13. The van der Waals surface area contributed by atoms with Crippen molar-refractivity contribution in [3.8, 4) is 0 Å². The highest BCUT2D eigenvalue weighted by atomic mass is 32.2. The third-order valence-corrected chi connectivity index (χ3v) is 4.54. The molecule has 1 fully saturated rings. The molecule has 0 radical (unpaired) electrons. The maximum atomic E-state index is 11.8. The Bertz CT molecular complexity index is 445. The van der Waals surface area contributed by atoms with Crippen molar-refractivity contribution in [3.63, 3.8) is 0 Å². The van der Waals surface area contributed by atoms with Crippen LogP contribution in [-0.2, 0) is 6.42 Å². The van der Waals surface area contributed by atoms with Crippen LogP contribution in [0.5, 0.6) is 0 Å². The molecule has 1 aromatic carbocycles. The van der Waals surface area contributed by atoms with E-state index in [0.717, 1.165) is 29.8 Å². The lowest BCUT2D eigenvalue weighted by molar-refractivity contribution is 0.0706. The van der Waals surface area contributed by atoms with E-state index in [9.17, 15) is 9.90 Å². The number of para-hydroxylation sites is 1. The van der Waals surface area contributed by atoms with Crippen molar-refractivity contribution < 1.29 is 9.90 Å². The average Bonchev–Trinajstić information content (AvgIpc) is 2.85. The van der Waals surface area contributed by atoms with Crippen molar-refractivity contribution in [3.05, 3.63) is 29.8 Å². The predicted octanol–water partition coefficient (Wildman–Crippen LogP) is 2.24. The van der Waals surface area contributed by atoms with Gasteiger partial charge in [-0.05, 0) is 30.2 Å². The van der Waals surface area contributed by atoms with Crippen molar-refractivity contribution in [2.45, 2.75) is 25.4 Å². The second-order valence-corrected chi connectivity index (χ2v) is 5.95. The molecule has 1 atom stereocenters. The second-order valence-electron chi connectivity index (χ2n) is 4.85. The molecule has 1 aliphatic rings. The van der Waals surface area contributed by atoms with E-state index in [4.69, 9.17) is 0 Å². The largest absolute Gasteiger partial charge is 0.387 e. The molecule has 2 rings (SSSR count). The van der Waals surface area contributed by atoms with E-state index in [1.807, 2.05) is 24.3 Å². The van der Waals surface area contributed by atoms with Crippen LogP contribution < -0.4 is 10.6 Å². The Morgan fingerprint density at radius 1 is 1.47 bits per heavy atom. The molecule has 1 unspecified atom stereocenters. The van der Waals surface area contributed by atoms with Gasteiger partial charge in [0.05, 0.1) is 5.60 Å². The van der Waals surface area contributed by atoms with Gasteiger partial charge in [0.15, 0.2) is 0 Å². The summed E-state index contributed by atoms with van der Waals surface area (Å²) in [6.07, 6.45) is 1.61. The Morgan fingerprint density at radius 3 is 2.95 bits per heavy atom. The molecule has 0 bridgehead atoms. The van der Waals surface area contributed by atoms with Gasteiger partial charge < -0.3 is 15.7 Å².